The van der Waals surface area contributed by atoms with Gasteiger partial charge in [0.15, 0.2) is 0 Å². The maximum atomic E-state index is 12.5. The minimum absolute atomic E-state index is 0.228. The lowest BCUT2D eigenvalue weighted by molar-refractivity contribution is 0.0936. The van der Waals surface area contributed by atoms with E-state index in [-0.39, 0.29) is 6.09 Å². The van der Waals surface area contributed by atoms with Crippen LogP contribution in [0.15, 0.2) is 96.6 Å². The Hall–Kier alpha value is -3.33. The van der Waals surface area contributed by atoms with Crippen LogP contribution in [0.4, 0.5) is 4.79 Å². The lowest BCUT2D eigenvalue weighted by atomic mass is 9.88. The van der Waals surface area contributed by atoms with E-state index < -0.39 is 0 Å². The second-order valence-electron chi connectivity index (χ2n) is 7.24. The molecule has 3 heteroatoms. The van der Waals surface area contributed by atoms with Crippen molar-refractivity contribution >= 4 is 11.7 Å². The van der Waals surface area contributed by atoms with Gasteiger partial charge in [0.1, 0.15) is 6.61 Å². The van der Waals surface area contributed by atoms with Gasteiger partial charge in [0.25, 0.3) is 0 Å². The van der Waals surface area contributed by atoms with Gasteiger partial charge in [0, 0.05) is 13.1 Å². The van der Waals surface area contributed by atoms with Crippen LogP contribution in [0.1, 0.15) is 29.5 Å². The highest BCUT2D eigenvalue weighted by atomic mass is 16.6. The fourth-order valence-corrected chi connectivity index (χ4v) is 3.80. The van der Waals surface area contributed by atoms with E-state index in [0.29, 0.717) is 19.7 Å². The Morgan fingerprint density at radius 3 is 1.72 bits per heavy atom. The van der Waals surface area contributed by atoms with E-state index in [1.54, 1.807) is 0 Å². The monoisotopic (exact) mass is 383 g/mol. The zero-order chi connectivity index (χ0) is 19.9. The van der Waals surface area contributed by atoms with E-state index in [9.17, 15) is 4.79 Å². The maximum absolute atomic E-state index is 12.5. The lowest BCUT2D eigenvalue weighted by Crippen LogP contribution is -2.37. The van der Waals surface area contributed by atoms with Crippen molar-refractivity contribution in [2.24, 2.45) is 0 Å². The molecule has 0 spiro atoms. The Labute approximate surface area is 172 Å². The molecule has 3 aromatic carbocycles. The lowest BCUT2D eigenvalue weighted by Gasteiger charge is -2.29. The minimum atomic E-state index is -0.228. The van der Waals surface area contributed by atoms with Gasteiger partial charge in [-0.2, -0.15) is 0 Å². The molecule has 3 nitrogen and oxygen atoms in total. The number of piperidine rings is 1. The van der Waals surface area contributed by atoms with Crippen LogP contribution in [0, 0.1) is 0 Å². The van der Waals surface area contributed by atoms with Gasteiger partial charge >= 0.3 is 6.09 Å². The third-order valence-electron chi connectivity index (χ3n) is 5.31. The molecule has 3 aromatic rings. The van der Waals surface area contributed by atoms with Crippen LogP contribution in [0.3, 0.4) is 0 Å². The summed E-state index contributed by atoms with van der Waals surface area (Å²) in [6, 6.07) is 30.9. The number of ether oxygens (including phenoxy) is 1. The fourth-order valence-electron chi connectivity index (χ4n) is 3.80. The summed E-state index contributed by atoms with van der Waals surface area (Å²) >= 11 is 0. The predicted octanol–water partition coefficient (Wildman–Crippen LogP) is 5.92. The molecule has 146 valence electrons. The van der Waals surface area contributed by atoms with Gasteiger partial charge in [-0.3, -0.25) is 0 Å². The quantitative estimate of drug-likeness (QED) is 0.559. The number of carbonyl (C=O) groups excluding carboxylic acids is 1. The first-order chi connectivity index (χ1) is 14.3. The summed E-state index contributed by atoms with van der Waals surface area (Å²) in [5.41, 5.74) is 6.16. The second kappa shape index (κ2) is 9.24. The smallest absolute Gasteiger partial charge is 0.410 e. The SMILES string of the molecule is O=C(OCc1ccccc1)N1CCC(=C(c2ccccc2)c2ccccc2)CC1. The maximum Gasteiger partial charge on any atom is 0.410 e. The van der Waals surface area contributed by atoms with Crippen molar-refractivity contribution in [3.63, 3.8) is 0 Å². The molecule has 1 fully saturated rings. The van der Waals surface area contributed by atoms with Crippen LogP contribution in [-0.2, 0) is 11.3 Å². The van der Waals surface area contributed by atoms with Crippen molar-refractivity contribution < 1.29 is 9.53 Å². The van der Waals surface area contributed by atoms with Gasteiger partial charge < -0.3 is 9.64 Å². The van der Waals surface area contributed by atoms with Crippen molar-refractivity contribution in [1.82, 2.24) is 4.90 Å². The molecule has 0 radical (unpaired) electrons. The summed E-state index contributed by atoms with van der Waals surface area (Å²) in [4.78, 5) is 14.3. The average molecular weight is 383 g/mol. The Kier molecular flexibility index (Phi) is 6.06. The van der Waals surface area contributed by atoms with Gasteiger partial charge in [-0.15, -0.1) is 0 Å². The molecule has 1 amide bonds. The molecule has 0 aromatic heterocycles. The van der Waals surface area contributed by atoms with E-state index in [2.05, 4.69) is 48.5 Å². The standard InChI is InChI=1S/C26H25NO2/c28-26(29-20-21-10-4-1-5-11-21)27-18-16-24(17-19-27)25(22-12-6-2-7-13-22)23-14-8-3-9-15-23/h1-15H,16-20H2. The molecule has 1 saturated heterocycles. The van der Waals surface area contributed by atoms with Crippen molar-refractivity contribution in [3.8, 4) is 0 Å². The van der Waals surface area contributed by atoms with Crippen molar-refractivity contribution in [1.29, 1.82) is 0 Å². The minimum Gasteiger partial charge on any atom is -0.445 e. The topological polar surface area (TPSA) is 29.5 Å². The van der Waals surface area contributed by atoms with E-state index in [1.807, 2.05) is 47.4 Å². The Balaban J connectivity index is 1.47. The highest BCUT2D eigenvalue weighted by Crippen LogP contribution is 2.32. The molecule has 1 aliphatic rings. The van der Waals surface area contributed by atoms with Crippen molar-refractivity contribution in [2.45, 2.75) is 19.4 Å². The number of carbonyl (C=O) groups is 1. The van der Waals surface area contributed by atoms with E-state index in [1.165, 1.54) is 22.3 Å². The Bertz CT molecular complexity index is 914. The molecule has 0 N–H and O–H groups in total. The number of likely N-dealkylation sites (tertiary alicyclic amines) is 1. The number of hydrogen-bond donors (Lipinski definition) is 0. The molecule has 4 rings (SSSR count). The van der Waals surface area contributed by atoms with Crippen LogP contribution < -0.4 is 0 Å². The number of rotatable bonds is 4. The first kappa shape index (κ1) is 19.0. The molecular weight excluding hydrogens is 358 g/mol. The molecule has 0 atom stereocenters. The normalized spacial score (nSPS) is 13.8. The third-order valence-corrected chi connectivity index (χ3v) is 5.31. The molecule has 1 heterocycles. The van der Waals surface area contributed by atoms with Gasteiger partial charge in [-0.1, -0.05) is 96.6 Å². The van der Waals surface area contributed by atoms with Crippen LogP contribution in [0.5, 0.6) is 0 Å². The van der Waals surface area contributed by atoms with Gasteiger partial charge in [0.05, 0.1) is 0 Å². The zero-order valence-electron chi connectivity index (χ0n) is 16.5. The van der Waals surface area contributed by atoms with E-state index in [4.69, 9.17) is 4.74 Å². The van der Waals surface area contributed by atoms with E-state index >= 15 is 0 Å². The van der Waals surface area contributed by atoms with Gasteiger partial charge in [-0.05, 0) is 35.1 Å². The van der Waals surface area contributed by atoms with Gasteiger partial charge in [-0.25, -0.2) is 4.79 Å². The largest absolute Gasteiger partial charge is 0.445 e. The van der Waals surface area contributed by atoms with E-state index in [0.717, 1.165) is 18.4 Å². The molecule has 0 saturated carbocycles. The summed E-state index contributed by atoms with van der Waals surface area (Å²) in [6.07, 6.45) is 1.49. The van der Waals surface area contributed by atoms with Crippen LogP contribution in [0.2, 0.25) is 0 Å². The van der Waals surface area contributed by atoms with Crippen molar-refractivity contribution in [3.05, 3.63) is 113 Å². The zero-order valence-corrected chi connectivity index (χ0v) is 16.5. The van der Waals surface area contributed by atoms with Crippen LogP contribution in [0.25, 0.3) is 5.57 Å². The molecule has 29 heavy (non-hydrogen) atoms. The van der Waals surface area contributed by atoms with Crippen LogP contribution >= 0.6 is 0 Å². The molecular formula is C26H25NO2. The summed E-state index contributed by atoms with van der Waals surface area (Å²) in [5.74, 6) is 0. The molecule has 0 aliphatic carbocycles. The number of hydrogen-bond acceptors (Lipinski definition) is 2. The third kappa shape index (κ3) is 4.75. The molecule has 0 unspecified atom stereocenters. The number of benzene rings is 3. The average Bonchev–Trinajstić information content (AvgIpc) is 2.80. The van der Waals surface area contributed by atoms with Gasteiger partial charge in [0.2, 0.25) is 0 Å². The predicted molar refractivity (Wildman–Crippen MR) is 116 cm³/mol. The van der Waals surface area contributed by atoms with Crippen molar-refractivity contribution in [2.75, 3.05) is 13.1 Å². The highest BCUT2D eigenvalue weighted by Gasteiger charge is 2.23. The summed E-state index contributed by atoms with van der Waals surface area (Å²) in [5, 5.41) is 0. The highest BCUT2D eigenvalue weighted by molar-refractivity contribution is 5.82. The number of amides is 1. The second-order valence-corrected chi connectivity index (χ2v) is 7.24. The summed E-state index contributed by atoms with van der Waals surface area (Å²) in [6.45, 7) is 1.69. The Morgan fingerprint density at radius 2 is 1.21 bits per heavy atom. The Morgan fingerprint density at radius 1 is 0.724 bits per heavy atom. The summed E-state index contributed by atoms with van der Waals surface area (Å²) < 4.78 is 5.50. The molecule has 0 bridgehead atoms. The molecule has 1 aliphatic heterocycles. The first-order valence-electron chi connectivity index (χ1n) is 10.1. The van der Waals surface area contributed by atoms with Crippen LogP contribution in [-0.4, -0.2) is 24.1 Å². The first-order valence-corrected chi connectivity index (χ1v) is 10.1. The fraction of sp³-hybridized carbons (Fsp3) is 0.192. The number of nitrogens with zero attached hydrogens (tertiary/aromatic N) is 1. The summed E-state index contributed by atoms with van der Waals surface area (Å²) in [7, 11) is 0.